The molecule has 0 saturated carbocycles. The molecule has 0 atom stereocenters. The van der Waals surface area contributed by atoms with Gasteiger partial charge in [0, 0.05) is 19.3 Å². The SMILES string of the molecule is CCO[SiH2]CCCNC(=O)Nc1ccccn1. The topological polar surface area (TPSA) is 63.2 Å². The molecule has 1 rings (SSSR count). The molecule has 0 aliphatic rings. The van der Waals surface area contributed by atoms with Crippen molar-refractivity contribution in [3.05, 3.63) is 24.4 Å². The maximum atomic E-state index is 11.4. The Bertz CT molecular complexity index is 322. The second kappa shape index (κ2) is 8.71. The van der Waals surface area contributed by atoms with Gasteiger partial charge in [-0.15, -0.1) is 0 Å². The zero-order valence-electron chi connectivity index (χ0n) is 10.1. The van der Waals surface area contributed by atoms with Gasteiger partial charge in [0.1, 0.15) is 5.82 Å². The summed E-state index contributed by atoms with van der Waals surface area (Å²) in [5.74, 6) is 0.564. The molecule has 0 spiro atoms. The van der Waals surface area contributed by atoms with E-state index in [0.29, 0.717) is 12.4 Å². The van der Waals surface area contributed by atoms with E-state index in [4.69, 9.17) is 4.43 Å². The van der Waals surface area contributed by atoms with E-state index in [1.54, 1.807) is 18.3 Å². The molecular formula is C11H19N3O2Si. The van der Waals surface area contributed by atoms with Crippen LogP contribution in [0.15, 0.2) is 24.4 Å². The van der Waals surface area contributed by atoms with E-state index in [0.717, 1.165) is 19.1 Å². The number of aromatic nitrogens is 1. The summed E-state index contributed by atoms with van der Waals surface area (Å²) in [6.07, 6.45) is 2.62. The van der Waals surface area contributed by atoms with Gasteiger partial charge in [-0.25, -0.2) is 9.78 Å². The predicted octanol–water partition coefficient (Wildman–Crippen LogP) is 1.13. The van der Waals surface area contributed by atoms with Crippen molar-refractivity contribution in [2.75, 3.05) is 18.5 Å². The van der Waals surface area contributed by atoms with Gasteiger partial charge < -0.3 is 9.74 Å². The van der Waals surface area contributed by atoms with E-state index in [2.05, 4.69) is 15.6 Å². The molecule has 0 aliphatic carbocycles. The van der Waals surface area contributed by atoms with Crippen LogP contribution in [0.4, 0.5) is 10.6 Å². The molecule has 17 heavy (non-hydrogen) atoms. The molecule has 0 saturated heterocycles. The van der Waals surface area contributed by atoms with Crippen LogP contribution in [0.2, 0.25) is 6.04 Å². The molecular weight excluding hydrogens is 234 g/mol. The van der Waals surface area contributed by atoms with Crippen molar-refractivity contribution >= 4 is 21.6 Å². The number of urea groups is 1. The average molecular weight is 253 g/mol. The quantitative estimate of drug-likeness (QED) is 0.565. The minimum Gasteiger partial charge on any atom is -0.424 e. The van der Waals surface area contributed by atoms with Gasteiger partial charge in [-0.3, -0.25) is 5.32 Å². The number of hydrogen-bond acceptors (Lipinski definition) is 3. The molecule has 0 aliphatic heterocycles. The summed E-state index contributed by atoms with van der Waals surface area (Å²) < 4.78 is 5.34. The Labute approximate surface area is 104 Å². The number of carbonyl (C=O) groups is 1. The summed E-state index contributed by atoms with van der Waals surface area (Å²) >= 11 is 0. The standard InChI is InChI=1S/C11H19N3O2Si/c1-2-16-17-9-5-8-13-11(15)14-10-6-3-4-7-12-10/h3-4,6-7H,2,5,8-9,17H2,1H3,(H2,12,13,14,15). The Morgan fingerprint density at radius 3 is 3.12 bits per heavy atom. The van der Waals surface area contributed by atoms with Gasteiger partial charge in [0.25, 0.3) is 0 Å². The average Bonchev–Trinajstić information content (AvgIpc) is 2.35. The van der Waals surface area contributed by atoms with Gasteiger partial charge >= 0.3 is 6.03 Å². The summed E-state index contributed by atoms with van der Waals surface area (Å²) in [7, 11) is -0.375. The smallest absolute Gasteiger partial charge is 0.320 e. The molecule has 1 aromatic heterocycles. The van der Waals surface area contributed by atoms with Crippen molar-refractivity contribution < 1.29 is 9.22 Å². The van der Waals surface area contributed by atoms with Gasteiger partial charge in [-0.1, -0.05) is 6.07 Å². The van der Waals surface area contributed by atoms with Crippen LogP contribution in [0.1, 0.15) is 13.3 Å². The van der Waals surface area contributed by atoms with E-state index >= 15 is 0 Å². The first-order chi connectivity index (χ1) is 8.33. The Balaban J connectivity index is 2.06. The number of anilines is 1. The maximum Gasteiger partial charge on any atom is 0.320 e. The molecule has 5 nitrogen and oxygen atoms in total. The Kier molecular flexibility index (Phi) is 7.00. The zero-order chi connectivity index (χ0) is 12.3. The molecule has 94 valence electrons. The second-order valence-electron chi connectivity index (χ2n) is 3.50. The van der Waals surface area contributed by atoms with Crippen LogP contribution in [0.3, 0.4) is 0 Å². The van der Waals surface area contributed by atoms with Crippen molar-refractivity contribution in [3.63, 3.8) is 0 Å². The molecule has 1 aromatic rings. The number of nitrogens with zero attached hydrogens (tertiary/aromatic N) is 1. The molecule has 0 aromatic carbocycles. The Hall–Kier alpha value is -1.40. The fourth-order valence-corrected chi connectivity index (χ4v) is 2.22. The highest BCUT2D eigenvalue weighted by Gasteiger charge is 2.00. The third kappa shape index (κ3) is 6.70. The molecule has 6 heteroatoms. The van der Waals surface area contributed by atoms with Gasteiger partial charge in [-0.05, 0) is 31.5 Å². The monoisotopic (exact) mass is 253 g/mol. The minimum absolute atomic E-state index is 0.207. The third-order valence-electron chi connectivity index (χ3n) is 2.11. The Morgan fingerprint density at radius 2 is 2.41 bits per heavy atom. The van der Waals surface area contributed by atoms with Crippen LogP contribution in [-0.4, -0.2) is 33.9 Å². The molecule has 0 radical (unpaired) electrons. The number of rotatable bonds is 7. The van der Waals surface area contributed by atoms with Gasteiger partial charge in [0.2, 0.25) is 0 Å². The predicted molar refractivity (Wildman–Crippen MR) is 70.9 cm³/mol. The summed E-state index contributed by atoms with van der Waals surface area (Å²) in [4.78, 5) is 15.4. The molecule has 0 fully saturated rings. The number of hydrogen-bond donors (Lipinski definition) is 2. The van der Waals surface area contributed by atoms with Gasteiger partial charge in [0.15, 0.2) is 9.76 Å². The highest BCUT2D eigenvalue weighted by Crippen LogP contribution is 1.98. The van der Waals surface area contributed by atoms with Crippen molar-refractivity contribution in [3.8, 4) is 0 Å². The molecule has 0 unspecified atom stereocenters. The lowest BCUT2D eigenvalue weighted by Gasteiger charge is -2.06. The lowest BCUT2D eigenvalue weighted by atomic mass is 10.4. The van der Waals surface area contributed by atoms with Crippen molar-refractivity contribution in [1.82, 2.24) is 10.3 Å². The van der Waals surface area contributed by atoms with Crippen LogP contribution in [0.5, 0.6) is 0 Å². The van der Waals surface area contributed by atoms with E-state index in [-0.39, 0.29) is 15.8 Å². The van der Waals surface area contributed by atoms with E-state index in [1.165, 1.54) is 0 Å². The highest BCUT2D eigenvalue weighted by atomic mass is 28.2. The normalized spacial score (nSPS) is 10.6. The highest BCUT2D eigenvalue weighted by molar-refractivity contribution is 6.26. The van der Waals surface area contributed by atoms with Crippen LogP contribution in [0, 0.1) is 0 Å². The van der Waals surface area contributed by atoms with Gasteiger partial charge in [0.05, 0.1) is 0 Å². The first-order valence-electron chi connectivity index (χ1n) is 5.86. The molecule has 2 amide bonds. The summed E-state index contributed by atoms with van der Waals surface area (Å²) in [5.41, 5.74) is 0. The van der Waals surface area contributed by atoms with Crippen LogP contribution in [0.25, 0.3) is 0 Å². The number of amides is 2. The van der Waals surface area contributed by atoms with E-state index in [1.807, 2.05) is 13.0 Å². The molecule has 0 bridgehead atoms. The fraction of sp³-hybridized carbons (Fsp3) is 0.455. The van der Waals surface area contributed by atoms with Crippen LogP contribution in [-0.2, 0) is 4.43 Å². The molecule has 1 heterocycles. The van der Waals surface area contributed by atoms with E-state index < -0.39 is 0 Å². The summed E-state index contributed by atoms with van der Waals surface area (Å²) in [6.45, 7) is 3.49. The van der Waals surface area contributed by atoms with Crippen molar-refractivity contribution in [1.29, 1.82) is 0 Å². The summed E-state index contributed by atoms with van der Waals surface area (Å²) in [5, 5.41) is 5.45. The van der Waals surface area contributed by atoms with Crippen LogP contribution >= 0.6 is 0 Å². The minimum atomic E-state index is -0.375. The number of nitrogens with one attached hydrogen (secondary N) is 2. The van der Waals surface area contributed by atoms with Crippen molar-refractivity contribution in [2.45, 2.75) is 19.4 Å². The third-order valence-corrected chi connectivity index (χ3v) is 3.60. The number of pyridine rings is 1. The van der Waals surface area contributed by atoms with Crippen LogP contribution < -0.4 is 10.6 Å². The van der Waals surface area contributed by atoms with Crippen molar-refractivity contribution in [2.24, 2.45) is 0 Å². The second-order valence-corrected chi connectivity index (χ2v) is 5.02. The Morgan fingerprint density at radius 1 is 1.53 bits per heavy atom. The maximum absolute atomic E-state index is 11.4. The largest absolute Gasteiger partial charge is 0.424 e. The first kappa shape index (κ1) is 13.7. The summed E-state index contributed by atoms with van der Waals surface area (Å²) in [6, 6.07) is 6.28. The lowest BCUT2D eigenvalue weighted by molar-refractivity contribution is 0.252. The van der Waals surface area contributed by atoms with E-state index in [9.17, 15) is 4.79 Å². The first-order valence-corrected chi connectivity index (χ1v) is 7.44. The molecule has 2 N–H and O–H groups in total. The number of carbonyl (C=O) groups excluding carboxylic acids is 1. The lowest BCUT2D eigenvalue weighted by Crippen LogP contribution is -2.29. The van der Waals surface area contributed by atoms with Gasteiger partial charge in [-0.2, -0.15) is 0 Å². The fourth-order valence-electron chi connectivity index (χ4n) is 1.27. The zero-order valence-corrected chi connectivity index (χ0v) is 11.5.